The van der Waals surface area contributed by atoms with Crippen molar-refractivity contribution in [2.45, 2.75) is 45.1 Å². The van der Waals surface area contributed by atoms with Crippen LogP contribution in [0.25, 0.3) is 0 Å². The van der Waals surface area contributed by atoms with Gasteiger partial charge in [0.15, 0.2) is 0 Å². The number of carbonyl (C=O) groups excluding carboxylic acids is 1. The number of alkyl halides is 2. The molecule has 1 aliphatic carbocycles. The second-order valence-electron chi connectivity index (χ2n) is 4.68. The summed E-state index contributed by atoms with van der Waals surface area (Å²) in [6, 6.07) is -0.233. The fraction of sp³-hybridized carbons (Fsp3) is 0.909. The Morgan fingerprint density at radius 2 is 1.94 bits per heavy atom. The molecule has 0 aromatic rings. The average Bonchev–Trinajstić information content (AvgIpc) is 2.20. The normalized spacial score (nSPS) is 25.6. The largest absolute Gasteiger partial charge is 0.335 e. The van der Waals surface area contributed by atoms with Gasteiger partial charge in [-0.2, -0.15) is 0 Å². The first-order chi connectivity index (χ1) is 7.49. The number of amides is 2. The van der Waals surface area contributed by atoms with Crippen LogP contribution < -0.4 is 5.32 Å². The van der Waals surface area contributed by atoms with Gasteiger partial charge in [-0.25, -0.2) is 13.6 Å². The van der Waals surface area contributed by atoms with E-state index in [1.807, 2.05) is 0 Å². The van der Waals surface area contributed by atoms with Crippen molar-refractivity contribution in [3.8, 4) is 0 Å². The van der Waals surface area contributed by atoms with E-state index in [0.29, 0.717) is 5.92 Å². The number of urea groups is 1. The van der Waals surface area contributed by atoms with Crippen LogP contribution in [-0.2, 0) is 0 Å². The number of nitrogens with zero attached hydrogens (tertiary/aromatic N) is 1. The van der Waals surface area contributed by atoms with E-state index in [2.05, 4.69) is 12.2 Å². The lowest BCUT2D eigenvalue weighted by Gasteiger charge is -2.28. The molecule has 0 radical (unpaired) electrons. The molecular formula is C11H20F2N2O. The van der Waals surface area contributed by atoms with E-state index in [9.17, 15) is 13.6 Å². The average molecular weight is 234 g/mol. The molecule has 1 saturated carbocycles. The van der Waals surface area contributed by atoms with Crippen LogP contribution in [0.2, 0.25) is 0 Å². The molecule has 0 bridgehead atoms. The highest BCUT2D eigenvalue weighted by Crippen LogP contribution is 2.23. The fourth-order valence-corrected chi connectivity index (χ4v) is 1.98. The SMILES string of the molecule is CN(CC(F)F)C(=O)N[C@H]1CC[C@H](C)CC1. The second kappa shape index (κ2) is 6.01. The van der Waals surface area contributed by atoms with Crippen LogP contribution in [0, 0.1) is 5.92 Å². The van der Waals surface area contributed by atoms with Gasteiger partial charge >= 0.3 is 6.03 Å². The standard InChI is InChI=1S/C11H20F2N2O/c1-8-3-5-9(6-4-8)14-11(16)15(2)7-10(12)13/h8-10H,3-7H2,1-2H3,(H,14,16)/t8-,9-. The van der Waals surface area contributed by atoms with Gasteiger partial charge in [0, 0.05) is 13.1 Å². The molecule has 0 aromatic carbocycles. The Morgan fingerprint density at radius 3 is 2.44 bits per heavy atom. The minimum absolute atomic E-state index is 0.156. The molecule has 1 N–H and O–H groups in total. The predicted molar refractivity (Wildman–Crippen MR) is 58.6 cm³/mol. The van der Waals surface area contributed by atoms with Gasteiger partial charge < -0.3 is 10.2 Å². The lowest BCUT2D eigenvalue weighted by atomic mass is 9.87. The molecule has 0 atom stereocenters. The quantitative estimate of drug-likeness (QED) is 0.799. The van der Waals surface area contributed by atoms with E-state index >= 15 is 0 Å². The zero-order valence-electron chi connectivity index (χ0n) is 9.88. The highest BCUT2D eigenvalue weighted by Gasteiger charge is 2.21. The molecule has 0 saturated heterocycles. The number of nitrogens with one attached hydrogen (secondary N) is 1. The molecule has 0 heterocycles. The molecule has 0 aliphatic heterocycles. The van der Waals surface area contributed by atoms with E-state index in [1.54, 1.807) is 0 Å². The van der Waals surface area contributed by atoms with Crippen LogP contribution in [0.15, 0.2) is 0 Å². The summed E-state index contributed by atoms with van der Waals surface area (Å²) in [5.74, 6) is 0.715. The van der Waals surface area contributed by atoms with Gasteiger partial charge in [-0.3, -0.25) is 0 Å². The number of hydrogen-bond acceptors (Lipinski definition) is 1. The summed E-state index contributed by atoms with van der Waals surface area (Å²) < 4.78 is 24.1. The van der Waals surface area contributed by atoms with Gasteiger partial charge in [-0.1, -0.05) is 6.92 Å². The monoisotopic (exact) mass is 234 g/mol. The van der Waals surface area contributed by atoms with Crippen molar-refractivity contribution in [1.29, 1.82) is 0 Å². The summed E-state index contributed by atoms with van der Waals surface area (Å²) >= 11 is 0. The maximum Gasteiger partial charge on any atom is 0.317 e. The minimum atomic E-state index is -2.47. The van der Waals surface area contributed by atoms with Crippen LogP contribution >= 0.6 is 0 Å². The zero-order chi connectivity index (χ0) is 12.1. The summed E-state index contributed by atoms with van der Waals surface area (Å²) in [6.07, 6.45) is 1.64. The van der Waals surface area contributed by atoms with E-state index in [4.69, 9.17) is 0 Å². The number of carbonyl (C=O) groups is 1. The molecule has 1 fully saturated rings. The van der Waals surface area contributed by atoms with Crippen molar-refractivity contribution in [2.75, 3.05) is 13.6 Å². The van der Waals surface area contributed by atoms with Crippen molar-refractivity contribution < 1.29 is 13.6 Å². The Hall–Kier alpha value is -0.870. The first-order valence-corrected chi connectivity index (χ1v) is 5.78. The third-order valence-electron chi connectivity index (χ3n) is 3.10. The molecule has 0 aromatic heterocycles. The van der Waals surface area contributed by atoms with Crippen LogP contribution in [0.4, 0.5) is 13.6 Å². The van der Waals surface area contributed by atoms with Gasteiger partial charge in [-0.15, -0.1) is 0 Å². The van der Waals surface area contributed by atoms with Crippen LogP contribution in [0.5, 0.6) is 0 Å². The number of halogens is 2. The first kappa shape index (κ1) is 13.2. The lowest BCUT2D eigenvalue weighted by Crippen LogP contribution is -2.45. The fourth-order valence-electron chi connectivity index (χ4n) is 1.98. The third-order valence-corrected chi connectivity index (χ3v) is 3.10. The van der Waals surface area contributed by atoms with E-state index in [0.717, 1.165) is 30.6 Å². The molecule has 0 spiro atoms. The molecule has 94 valence electrons. The number of rotatable bonds is 3. The molecule has 5 heteroatoms. The highest BCUT2D eigenvalue weighted by molar-refractivity contribution is 5.74. The Balaban J connectivity index is 2.28. The van der Waals surface area contributed by atoms with Crippen molar-refractivity contribution >= 4 is 6.03 Å². The maximum absolute atomic E-state index is 12.1. The molecule has 1 aliphatic rings. The maximum atomic E-state index is 12.1. The van der Waals surface area contributed by atoms with E-state index in [1.165, 1.54) is 7.05 Å². The van der Waals surface area contributed by atoms with Gasteiger partial charge in [-0.05, 0) is 31.6 Å². The molecular weight excluding hydrogens is 214 g/mol. The molecule has 2 amide bonds. The minimum Gasteiger partial charge on any atom is -0.335 e. The first-order valence-electron chi connectivity index (χ1n) is 5.78. The Kier molecular flexibility index (Phi) is 4.96. The lowest BCUT2D eigenvalue weighted by molar-refractivity contribution is 0.106. The Labute approximate surface area is 95.2 Å². The molecule has 3 nitrogen and oxygen atoms in total. The van der Waals surface area contributed by atoms with Crippen LogP contribution in [0.1, 0.15) is 32.6 Å². The van der Waals surface area contributed by atoms with Gasteiger partial charge in [0.1, 0.15) is 0 Å². The summed E-state index contributed by atoms with van der Waals surface area (Å²) in [5, 5.41) is 2.80. The van der Waals surface area contributed by atoms with Crippen molar-refractivity contribution in [3.05, 3.63) is 0 Å². The summed E-state index contributed by atoms with van der Waals surface area (Å²) in [7, 11) is 1.40. The van der Waals surface area contributed by atoms with E-state index < -0.39 is 13.0 Å². The van der Waals surface area contributed by atoms with Gasteiger partial charge in [0.05, 0.1) is 6.54 Å². The van der Waals surface area contributed by atoms with Gasteiger partial charge in [0.25, 0.3) is 6.43 Å². The van der Waals surface area contributed by atoms with Crippen LogP contribution in [0.3, 0.4) is 0 Å². The topological polar surface area (TPSA) is 32.3 Å². The molecule has 16 heavy (non-hydrogen) atoms. The van der Waals surface area contributed by atoms with Crippen molar-refractivity contribution in [1.82, 2.24) is 10.2 Å². The molecule has 1 rings (SSSR count). The summed E-state index contributed by atoms with van der Waals surface area (Å²) in [6.45, 7) is 1.69. The van der Waals surface area contributed by atoms with Crippen LogP contribution in [-0.4, -0.2) is 37.0 Å². The zero-order valence-corrected chi connectivity index (χ0v) is 9.88. The summed E-state index contributed by atoms with van der Waals surface area (Å²) in [4.78, 5) is 12.6. The Bertz CT molecular complexity index is 228. The highest BCUT2D eigenvalue weighted by atomic mass is 19.3. The third kappa shape index (κ3) is 4.33. The van der Waals surface area contributed by atoms with Crippen molar-refractivity contribution in [3.63, 3.8) is 0 Å². The summed E-state index contributed by atoms with van der Waals surface area (Å²) in [5.41, 5.74) is 0. The predicted octanol–water partition coefficient (Wildman–Crippen LogP) is 2.47. The second-order valence-corrected chi connectivity index (χ2v) is 4.68. The number of hydrogen-bond donors (Lipinski definition) is 1. The van der Waals surface area contributed by atoms with Crippen molar-refractivity contribution in [2.24, 2.45) is 5.92 Å². The van der Waals surface area contributed by atoms with Gasteiger partial charge in [0.2, 0.25) is 0 Å². The van der Waals surface area contributed by atoms with E-state index in [-0.39, 0.29) is 12.1 Å². The Morgan fingerprint density at radius 1 is 1.38 bits per heavy atom. The molecule has 0 unspecified atom stereocenters. The smallest absolute Gasteiger partial charge is 0.317 e.